The average Bonchev–Trinajstić information content (AvgIpc) is 2.09. The Morgan fingerprint density at radius 1 is 1.50 bits per heavy atom. The number of hydrogen-bond donors (Lipinski definition) is 1. The Bertz CT molecular complexity index is 90.6. The van der Waals surface area contributed by atoms with Crippen molar-refractivity contribution in [3.8, 4) is 0 Å². The van der Waals surface area contributed by atoms with Gasteiger partial charge < -0.3 is 10.1 Å². The summed E-state index contributed by atoms with van der Waals surface area (Å²) in [6.07, 6.45) is 1.16. The lowest BCUT2D eigenvalue weighted by Gasteiger charge is -2.10. The van der Waals surface area contributed by atoms with Crippen LogP contribution < -0.4 is 5.32 Å². The van der Waals surface area contributed by atoms with Crippen LogP contribution in [0.3, 0.4) is 0 Å². The topological polar surface area (TPSA) is 21.3 Å². The molecule has 0 aliphatic carbocycles. The van der Waals surface area contributed by atoms with Crippen molar-refractivity contribution >= 4 is 11.8 Å². The van der Waals surface area contributed by atoms with Gasteiger partial charge in [-0.05, 0) is 18.7 Å². The molecule has 1 atom stereocenters. The monoisotopic (exact) mass is 191 g/mol. The molecule has 0 aromatic heterocycles. The summed E-state index contributed by atoms with van der Waals surface area (Å²) in [6, 6.07) is 0. The van der Waals surface area contributed by atoms with Crippen molar-refractivity contribution in [3.05, 3.63) is 0 Å². The Balaban J connectivity index is 3.02. The van der Waals surface area contributed by atoms with Crippen molar-refractivity contribution in [2.75, 3.05) is 32.6 Å². The molecular formula is C9H21NOS. The molecule has 0 saturated carbocycles. The number of hydrogen-bond acceptors (Lipinski definition) is 3. The van der Waals surface area contributed by atoms with E-state index in [1.54, 1.807) is 7.11 Å². The molecule has 0 saturated heterocycles. The number of ether oxygens (including phenoxy) is 1. The third-order valence-electron chi connectivity index (χ3n) is 1.58. The first-order valence-corrected chi connectivity index (χ1v) is 5.67. The van der Waals surface area contributed by atoms with Crippen LogP contribution in [0.1, 0.15) is 20.3 Å². The lowest BCUT2D eigenvalue weighted by atomic mass is 10.5. The van der Waals surface area contributed by atoms with Gasteiger partial charge in [0.25, 0.3) is 0 Å². The molecular weight excluding hydrogens is 170 g/mol. The minimum atomic E-state index is 0.724. The Labute approximate surface area is 80.4 Å². The van der Waals surface area contributed by atoms with E-state index in [9.17, 15) is 0 Å². The van der Waals surface area contributed by atoms with E-state index in [4.69, 9.17) is 4.74 Å². The first-order valence-electron chi connectivity index (χ1n) is 4.62. The van der Waals surface area contributed by atoms with Crippen LogP contribution in [0.25, 0.3) is 0 Å². The maximum absolute atomic E-state index is 4.98. The minimum absolute atomic E-state index is 0.724. The summed E-state index contributed by atoms with van der Waals surface area (Å²) in [7, 11) is 1.76. The zero-order valence-corrected chi connectivity index (χ0v) is 9.25. The van der Waals surface area contributed by atoms with Gasteiger partial charge in [0, 0.05) is 25.5 Å². The van der Waals surface area contributed by atoms with Gasteiger partial charge in [-0.3, -0.25) is 0 Å². The molecule has 2 nitrogen and oxygen atoms in total. The SMILES string of the molecule is CCNCC(C)SCCCOC. The van der Waals surface area contributed by atoms with Crippen molar-refractivity contribution < 1.29 is 4.74 Å². The second-order valence-electron chi connectivity index (χ2n) is 2.84. The highest BCUT2D eigenvalue weighted by molar-refractivity contribution is 7.99. The molecule has 0 amide bonds. The highest BCUT2D eigenvalue weighted by Crippen LogP contribution is 2.10. The molecule has 1 unspecified atom stereocenters. The largest absolute Gasteiger partial charge is 0.385 e. The van der Waals surface area contributed by atoms with E-state index in [0.717, 1.165) is 31.4 Å². The first-order chi connectivity index (χ1) is 5.81. The standard InChI is InChI=1S/C9H21NOS/c1-4-10-8-9(2)12-7-5-6-11-3/h9-10H,4-8H2,1-3H3. The van der Waals surface area contributed by atoms with Gasteiger partial charge in [-0.15, -0.1) is 0 Å². The summed E-state index contributed by atoms with van der Waals surface area (Å²) in [5, 5.41) is 4.06. The molecule has 3 heteroatoms. The summed E-state index contributed by atoms with van der Waals surface area (Å²) < 4.78 is 4.98. The summed E-state index contributed by atoms with van der Waals surface area (Å²) in [5.74, 6) is 1.21. The molecule has 0 aliphatic heterocycles. The van der Waals surface area contributed by atoms with Crippen LogP contribution in [0.2, 0.25) is 0 Å². The average molecular weight is 191 g/mol. The third-order valence-corrected chi connectivity index (χ3v) is 2.84. The lowest BCUT2D eigenvalue weighted by Crippen LogP contribution is -2.22. The molecule has 0 radical (unpaired) electrons. The second kappa shape index (κ2) is 9.36. The van der Waals surface area contributed by atoms with E-state index in [-0.39, 0.29) is 0 Å². The highest BCUT2D eigenvalue weighted by Gasteiger charge is 1.99. The number of thioether (sulfide) groups is 1. The van der Waals surface area contributed by atoms with Gasteiger partial charge >= 0.3 is 0 Å². The van der Waals surface area contributed by atoms with E-state index >= 15 is 0 Å². The summed E-state index contributed by atoms with van der Waals surface area (Å²) in [5.41, 5.74) is 0. The molecule has 0 fully saturated rings. The minimum Gasteiger partial charge on any atom is -0.385 e. The molecule has 74 valence electrons. The van der Waals surface area contributed by atoms with Gasteiger partial charge in [0.2, 0.25) is 0 Å². The van der Waals surface area contributed by atoms with Crippen molar-refractivity contribution in [3.63, 3.8) is 0 Å². The maximum Gasteiger partial charge on any atom is 0.0470 e. The Morgan fingerprint density at radius 2 is 2.25 bits per heavy atom. The summed E-state index contributed by atoms with van der Waals surface area (Å²) in [4.78, 5) is 0. The van der Waals surface area contributed by atoms with Gasteiger partial charge in [0.15, 0.2) is 0 Å². The van der Waals surface area contributed by atoms with E-state index in [1.165, 1.54) is 5.75 Å². The van der Waals surface area contributed by atoms with Gasteiger partial charge in [-0.2, -0.15) is 11.8 Å². The Hall–Kier alpha value is 0.270. The Morgan fingerprint density at radius 3 is 2.83 bits per heavy atom. The molecule has 0 bridgehead atoms. The molecule has 0 heterocycles. The smallest absolute Gasteiger partial charge is 0.0470 e. The van der Waals surface area contributed by atoms with Crippen LogP contribution in [0.5, 0.6) is 0 Å². The quantitative estimate of drug-likeness (QED) is 0.591. The van der Waals surface area contributed by atoms with Crippen LogP contribution in [0.4, 0.5) is 0 Å². The number of methoxy groups -OCH3 is 1. The van der Waals surface area contributed by atoms with Crippen LogP contribution in [0, 0.1) is 0 Å². The first kappa shape index (κ1) is 12.3. The predicted octanol–water partition coefficient (Wildman–Crippen LogP) is 1.75. The molecule has 1 N–H and O–H groups in total. The number of nitrogens with one attached hydrogen (secondary N) is 1. The van der Waals surface area contributed by atoms with Gasteiger partial charge in [-0.25, -0.2) is 0 Å². The van der Waals surface area contributed by atoms with E-state index in [2.05, 4.69) is 19.2 Å². The highest BCUT2D eigenvalue weighted by atomic mass is 32.2. The van der Waals surface area contributed by atoms with Crippen molar-refractivity contribution in [1.82, 2.24) is 5.32 Å². The molecule has 0 aromatic carbocycles. The van der Waals surface area contributed by atoms with Crippen molar-refractivity contribution in [1.29, 1.82) is 0 Å². The van der Waals surface area contributed by atoms with Crippen molar-refractivity contribution in [2.24, 2.45) is 0 Å². The van der Waals surface area contributed by atoms with Crippen LogP contribution in [-0.4, -0.2) is 37.8 Å². The molecule has 12 heavy (non-hydrogen) atoms. The fraction of sp³-hybridized carbons (Fsp3) is 1.00. The maximum atomic E-state index is 4.98. The van der Waals surface area contributed by atoms with Crippen LogP contribution >= 0.6 is 11.8 Å². The van der Waals surface area contributed by atoms with Gasteiger partial charge in [0.05, 0.1) is 0 Å². The fourth-order valence-corrected chi connectivity index (χ4v) is 1.82. The van der Waals surface area contributed by atoms with Crippen LogP contribution in [0.15, 0.2) is 0 Å². The molecule has 0 rings (SSSR count). The molecule has 0 aromatic rings. The molecule has 0 aliphatic rings. The lowest BCUT2D eigenvalue weighted by molar-refractivity contribution is 0.200. The predicted molar refractivity (Wildman–Crippen MR) is 57.0 cm³/mol. The summed E-state index contributed by atoms with van der Waals surface area (Å²) >= 11 is 2.01. The summed E-state index contributed by atoms with van der Waals surface area (Å²) in [6.45, 7) is 7.49. The normalized spacial score (nSPS) is 13.2. The zero-order chi connectivity index (χ0) is 9.23. The molecule has 0 spiro atoms. The van der Waals surface area contributed by atoms with Gasteiger partial charge in [0.1, 0.15) is 0 Å². The Kier molecular flexibility index (Phi) is 9.57. The van der Waals surface area contributed by atoms with Crippen molar-refractivity contribution in [2.45, 2.75) is 25.5 Å². The third kappa shape index (κ3) is 8.37. The zero-order valence-electron chi connectivity index (χ0n) is 8.43. The van der Waals surface area contributed by atoms with E-state index < -0.39 is 0 Å². The van der Waals surface area contributed by atoms with E-state index in [1.807, 2.05) is 11.8 Å². The van der Waals surface area contributed by atoms with Gasteiger partial charge in [-0.1, -0.05) is 13.8 Å². The fourth-order valence-electron chi connectivity index (χ4n) is 0.894. The number of rotatable bonds is 8. The van der Waals surface area contributed by atoms with Crippen LogP contribution in [-0.2, 0) is 4.74 Å². The van der Waals surface area contributed by atoms with E-state index in [0.29, 0.717) is 0 Å². The second-order valence-corrected chi connectivity index (χ2v) is 4.38.